The summed E-state index contributed by atoms with van der Waals surface area (Å²) in [6.07, 6.45) is 1.18. The molecule has 1 atom stereocenters. The quantitative estimate of drug-likeness (QED) is 0.729. The number of carbonyl (C=O) groups excluding carboxylic acids is 2. The number of methoxy groups -OCH3 is 1. The van der Waals surface area contributed by atoms with E-state index in [0.717, 1.165) is 17.7 Å². The molecule has 2 rings (SSSR count). The van der Waals surface area contributed by atoms with Gasteiger partial charge in [0.1, 0.15) is 5.75 Å². The van der Waals surface area contributed by atoms with Crippen molar-refractivity contribution in [2.75, 3.05) is 19.0 Å². The minimum atomic E-state index is -0.447. The largest absolute Gasteiger partial charge is 0.497 e. The van der Waals surface area contributed by atoms with Gasteiger partial charge in [-0.3, -0.25) is 9.59 Å². The molecule has 0 radical (unpaired) electrons. The maximum absolute atomic E-state index is 11.9. The Hall–Kier alpha value is -2.82. The molecule has 0 unspecified atom stereocenters. The number of benzene rings is 2. The lowest BCUT2D eigenvalue weighted by atomic mass is 9.99. The number of rotatable bonds is 8. The molecular formula is C21H25NO4. The van der Waals surface area contributed by atoms with E-state index in [1.54, 1.807) is 31.4 Å². The van der Waals surface area contributed by atoms with Gasteiger partial charge in [-0.2, -0.15) is 0 Å². The topological polar surface area (TPSA) is 64.6 Å². The minimum absolute atomic E-state index is 0.112. The first-order valence-corrected chi connectivity index (χ1v) is 8.70. The second-order valence-electron chi connectivity index (χ2n) is 6.17. The molecule has 0 saturated heterocycles. The summed E-state index contributed by atoms with van der Waals surface area (Å²) in [4.78, 5) is 23.8. The number of ether oxygens (including phenoxy) is 2. The van der Waals surface area contributed by atoms with Gasteiger partial charge in [0.05, 0.1) is 13.5 Å². The number of carbonyl (C=O) groups is 2. The fraction of sp³-hybridized carbons (Fsp3) is 0.333. The molecule has 138 valence electrons. The summed E-state index contributed by atoms with van der Waals surface area (Å²) in [6.45, 7) is 4.00. The van der Waals surface area contributed by atoms with Crippen LogP contribution in [0, 0.1) is 0 Å². The minimum Gasteiger partial charge on any atom is -0.497 e. The highest BCUT2D eigenvalue weighted by atomic mass is 16.5. The lowest BCUT2D eigenvalue weighted by Crippen LogP contribution is -2.21. The van der Waals surface area contributed by atoms with Gasteiger partial charge in [0.2, 0.25) is 0 Å². The van der Waals surface area contributed by atoms with Gasteiger partial charge in [-0.1, -0.05) is 38.1 Å². The number of anilines is 1. The molecule has 0 aliphatic rings. The van der Waals surface area contributed by atoms with Crippen LogP contribution in [0.2, 0.25) is 0 Å². The molecule has 5 nitrogen and oxygen atoms in total. The maximum Gasteiger partial charge on any atom is 0.310 e. The smallest absolute Gasteiger partial charge is 0.310 e. The highest BCUT2D eigenvalue weighted by Crippen LogP contribution is 2.20. The summed E-state index contributed by atoms with van der Waals surface area (Å²) in [5.74, 6) is 0.404. The third kappa shape index (κ3) is 5.92. The zero-order valence-electron chi connectivity index (χ0n) is 15.5. The molecule has 0 spiro atoms. The van der Waals surface area contributed by atoms with Crippen LogP contribution in [-0.2, 0) is 20.7 Å². The van der Waals surface area contributed by atoms with E-state index < -0.39 is 5.97 Å². The summed E-state index contributed by atoms with van der Waals surface area (Å²) < 4.78 is 10.1. The van der Waals surface area contributed by atoms with Crippen molar-refractivity contribution in [3.05, 3.63) is 59.7 Å². The molecule has 2 aromatic carbocycles. The summed E-state index contributed by atoms with van der Waals surface area (Å²) in [5.41, 5.74) is 2.72. The molecule has 0 bridgehead atoms. The van der Waals surface area contributed by atoms with Crippen molar-refractivity contribution >= 4 is 17.6 Å². The third-order valence-electron chi connectivity index (χ3n) is 4.25. The van der Waals surface area contributed by atoms with Crippen molar-refractivity contribution in [2.24, 2.45) is 0 Å². The first-order valence-electron chi connectivity index (χ1n) is 8.70. The van der Waals surface area contributed by atoms with Crippen LogP contribution < -0.4 is 10.1 Å². The Kier molecular flexibility index (Phi) is 7.21. The van der Waals surface area contributed by atoms with E-state index >= 15 is 0 Å². The zero-order valence-corrected chi connectivity index (χ0v) is 15.5. The van der Waals surface area contributed by atoms with Crippen molar-refractivity contribution in [3.8, 4) is 5.75 Å². The molecule has 1 N–H and O–H groups in total. The Labute approximate surface area is 154 Å². The van der Waals surface area contributed by atoms with Gasteiger partial charge < -0.3 is 14.8 Å². The fourth-order valence-electron chi connectivity index (χ4n) is 2.43. The summed E-state index contributed by atoms with van der Waals surface area (Å²) in [5, 5.41) is 2.73. The SMILES string of the molecule is CC[C@H](C)c1ccc(NC(=O)COC(=O)Cc2ccc(OC)cc2)cc1. The van der Waals surface area contributed by atoms with Gasteiger partial charge in [0, 0.05) is 5.69 Å². The Bertz CT molecular complexity index is 723. The number of hydrogen-bond acceptors (Lipinski definition) is 4. The highest BCUT2D eigenvalue weighted by molar-refractivity contribution is 5.92. The molecule has 0 heterocycles. The molecule has 26 heavy (non-hydrogen) atoms. The molecule has 0 aromatic heterocycles. The van der Waals surface area contributed by atoms with E-state index in [1.807, 2.05) is 24.3 Å². The van der Waals surface area contributed by atoms with Gasteiger partial charge >= 0.3 is 5.97 Å². The van der Waals surface area contributed by atoms with Crippen LogP contribution in [0.15, 0.2) is 48.5 Å². The van der Waals surface area contributed by atoms with E-state index in [9.17, 15) is 9.59 Å². The fourth-order valence-corrected chi connectivity index (χ4v) is 2.43. The number of nitrogens with one attached hydrogen (secondary N) is 1. The summed E-state index contributed by atoms with van der Waals surface area (Å²) in [7, 11) is 1.58. The average molecular weight is 355 g/mol. The molecule has 0 aliphatic heterocycles. The molecule has 1 amide bonds. The van der Waals surface area contributed by atoms with Gasteiger partial charge in [0.15, 0.2) is 6.61 Å². The summed E-state index contributed by atoms with van der Waals surface area (Å²) >= 11 is 0. The average Bonchev–Trinajstić information content (AvgIpc) is 2.67. The van der Waals surface area contributed by atoms with E-state index in [-0.39, 0.29) is 18.9 Å². The van der Waals surface area contributed by atoms with Crippen LogP contribution in [-0.4, -0.2) is 25.6 Å². The van der Waals surface area contributed by atoms with Crippen molar-refractivity contribution in [2.45, 2.75) is 32.6 Å². The van der Waals surface area contributed by atoms with E-state index in [2.05, 4.69) is 19.2 Å². The van der Waals surface area contributed by atoms with Crippen molar-refractivity contribution in [3.63, 3.8) is 0 Å². The predicted octanol–water partition coefficient (Wildman–Crippen LogP) is 3.93. The van der Waals surface area contributed by atoms with Gasteiger partial charge in [-0.25, -0.2) is 0 Å². The Morgan fingerprint density at radius 3 is 2.27 bits per heavy atom. The second kappa shape index (κ2) is 9.61. The third-order valence-corrected chi connectivity index (χ3v) is 4.25. The Balaban J connectivity index is 1.77. The number of hydrogen-bond donors (Lipinski definition) is 1. The molecule has 2 aromatic rings. The molecular weight excluding hydrogens is 330 g/mol. The van der Waals surface area contributed by atoms with Crippen LogP contribution in [0.4, 0.5) is 5.69 Å². The van der Waals surface area contributed by atoms with E-state index in [1.165, 1.54) is 5.56 Å². The van der Waals surface area contributed by atoms with Crippen LogP contribution in [0.5, 0.6) is 5.75 Å². The second-order valence-corrected chi connectivity index (χ2v) is 6.17. The lowest BCUT2D eigenvalue weighted by Gasteiger charge is -2.11. The van der Waals surface area contributed by atoms with Crippen molar-refractivity contribution in [1.82, 2.24) is 0 Å². The maximum atomic E-state index is 11.9. The first-order chi connectivity index (χ1) is 12.5. The molecule has 0 saturated carbocycles. The van der Waals surface area contributed by atoms with Crippen molar-refractivity contribution in [1.29, 1.82) is 0 Å². The van der Waals surface area contributed by atoms with Crippen LogP contribution in [0.3, 0.4) is 0 Å². The first kappa shape index (κ1) is 19.5. The van der Waals surface area contributed by atoms with E-state index in [0.29, 0.717) is 11.6 Å². The Morgan fingerprint density at radius 1 is 1.04 bits per heavy atom. The molecule has 0 fully saturated rings. The van der Waals surface area contributed by atoms with E-state index in [4.69, 9.17) is 9.47 Å². The predicted molar refractivity (Wildman–Crippen MR) is 101 cm³/mol. The lowest BCUT2D eigenvalue weighted by molar-refractivity contribution is -0.146. The van der Waals surface area contributed by atoms with Crippen LogP contribution in [0.25, 0.3) is 0 Å². The van der Waals surface area contributed by atoms with Gasteiger partial charge in [0.25, 0.3) is 5.91 Å². The number of esters is 1. The van der Waals surface area contributed by atoms with Gasteiger partial charge in [-0.15, -0.1) is 0 Å². The van der Waals surface area contributed by atoms with Crippen LogP contribution >= 0.6 is 0 Å². The molecule has 0 aliphatic carbocycles. The van der Waals surface area contributed by atoms with Crippen molar-refractivity contribution < 1.29 is 19.1 Å². The Morgan fingerprint density at radius 2 is 1.69 bits per heavy atom. The normalized spacial score (nSPS) is 11.5. The highest BCUT2D eigenvalue weighted by Gasteiger charge is 2.10. The van der Waals surface area contributed by atoms with Crippen LogP contribution in [0.1, 0.15) is 37.3 Å². The summed E-state index contributed by atoms with van der Waals surface area (Å²) in [6, 6.07) is 14.9. The standard InChI is InChI=1S/C21H25NO4/c1-4-15(2)17-7-9-18(10-8-17)22-20(23)14-26-21(24)13-16-5-11-19(25-3)12-6-16/h5-12,15H,4,13-14H2,1-3H3,(H,22,23)/t15-/m0/s1. The molecule has 5 heteroatoms. The monoisotopic (exact) mass is 355 g/mol. The number of amides is 1. The van der Waals surface area contributed by atoms with Gasteiger partial charge in [-0.05, 0) is 47.7 Å². The zero-order chi connectivity index (χ0) is 18.9.